The Morgan fingerprint density at radius 1 is 0.403 bits per heavy atom. The molecule has 0 aromatic carbocycles. The Morgan fingerprint density at radius 3 is 1.12 bits per heavy atom. The highest BCUT2D eigenvalue weighted by atomic mass is 16.7. The van der Waals surface area contributed by atoms with Crippen LogP contribution in [0, 0.1) is 0 Å². The van der Waals surface area contributed by atoms with Gasteiger partial charge in [-0.25, -0.2) is 0 Å². The summed E-state index contributed by atoms with van der Waals surface area (Å²) in [6.45, 7) is 4.66. The number of aliphatic carboxylic acids is 1. The first-order valence-electron chi connectivity index (χ1n) is 32.1. The van der Waals surface area contributed by atoms with Crippen LogP contribution in [-0.4, -0.2) is 82.3 Å². The van der Waals surface area contributed by atoms with Gasteiger partial charge in [-0.3, -0.25) is 9.59 Å². The topological polar surface area (TPSA) is 111 Å². The zero-order valence-corrected chi connectivity index (χ0v) is 50.8. The Kier molecular flexibility index (Phi) is 56.4. The van der Waals surface area contributed by atoms with Crippen molar-refractivity contribution in [2.75, 3.05) is 47.5 Å². The molecule has 0 spiro atoms. The molecule has 0 radical (unpaired) electrons. The lowest BCUT2D eigenvalue weighted by Crippen LogP contribution is -2.44. The van der Waals surface area contributed by atoms with Crippen molar-refractivity contribution >= 4 is 17.9 Å². The standard InChI is InChI=1S/C68H121NO8/c1-6-8-10-12-14-16-18-20-22-24-26-28-30-32-33-35-37-39-41-43-45-47-49-51-53-55-57-59-66(71)77-64(63-76-68(67(72)73)74-61-60-69(3,4)5)62-75-65(70)58-56-54-52-50-48-46-44-42-40-38-36-34-31-29-27-25-23-21-19-17-15-13-11-9-7-2/h8,10,14,16,20,22,25-28,32-33,64,68H,6-7,9,11-13,15,17-19,21,23-24,29-31,34-63H2,1-5H3/b10-8-,16-14-,22-20-,27-25-,28-26-,33-32-. The van der Waals surface area contributed by atoms with Crippen LogP contribution in [0.15, 0.2) is 72.9 Å². The fourth-order valence-electron chi connectivity index (χ4n) is 9.03. The number of carbonyl (C=O) groups is 3. The minimum absolute atomic E-state index is 0.145. The summed E-state index contributed by atoms with van der Waals surface area (Å²) in [5.41, 5.74) is 0. The second-order valence-corrected chi connectivity index (χ2v) is 22.7. The van der Waals surface area contributed by atoms with E-state index in [9.17, 15) is 19.5 Å². The number of carbonyl (C=O) groups excluding carboxylic acids is 3. The minimum atomic E-state index is -1.62. The van der Waals surface area contributed by atoms with Gasteiger partial charge in [-0.1, -0.05) is 260 Å². The third-order valence-corrected chi connectivity index (χ3v) is 13.9. The van der Waals surface area contributed by atoms with E-state index in [1.54, 1.807) is 0 Å². The smallest absolute Gasteiger partial charge is 0.306 e. The van der Waals surface area contributed by atoms with Crippen molar-refractivity contribution in [3.63, 3.8) is 0 Å². The summed E-state index contributed by atoms with van der Waals surface area (Å²) >= 11 is 0. The van der Waals surface area contributed by atoms with Crippen molar-refractivity contribution < 1.29 is 42.9 Å². The van der Waals surface area contributed by atoms with Crippen LogP contribution in [-0.2, 0) is 33.3 Å². The third kappa shape index (κ3) is 60.2. The largest absolute Gasteiger partial charge is 0.545 e. The molecule has 0 heterocycles. The molecule has 9 nitrogen and oxygen atoms in total. The van der Waals surface area contributed by atoms with Crippen molar-refractivity contribution in [2.45, 2.75) is 296 Å². The summed E-state index contributed by atoms with van der Waals surface area (Å²) in [6, 6.07) is 0. The van der Waals surface area contributed by atoms with Gasteiger partial charge in [0, 0.05) is 12.8 Å². The number of hydrogen-bond acceptors (Lipinski definition) is 8. The molecule has 0 fully saturated rings. The van der Waals surface area contributed by atoms with Gasteiger partial charge in [-0.05, 0) is 83.5 Å². The van der Waals surface area contributed by atoms with Crippen LogP contribution in [0.2, 0.25) is 0 Å². The molecule has 9 heteroatoms. The van der Waals surface area contributed by atoms with Crippen molar-refractivity contribution in [3.8, 4) is 0 Å². The maximum Gasteiger partial charge on any atom is 0.306 e. The molecule has 0 saturated heterocycles. The zero-order valence-electron chi connectivity index (χ0n) is 50.8. The van der Waals surface area contributed by atoms with Crippen LogP contribution in [0.1, 0.15) is 284 Å². The number of quaternary nitrogens is 1. The summed E-state index contributed by atoms with van der Waals surface area (Å²) in [5.74, 6) is -2.28. The van der Waals surface area contributed by atoms with E-state index in [2.05, 4.69) is 86.8 Å². The van der Waals surface area contributed by atoms with Crippen LogP contribution in [0.3, 0.4) is 0 Å². The lowest BCUT2D eigenvalue weighted by atomic mass is 10.0. The quantitative estimate of drug-likeness (QED) is 0.0195. The first-order valence-corrected chi connectivity index (χ1v) is 32.1. The van der Waals surface area contributed by atoms with E-state index < -0.39 is 24.3 Å². The average molecular weight is 1080 g/mol. The molecule has 0 saturated carbocycles. The first-order chi connectivity index (χ1) is 37.6. The Bertz CT molecular complexity index is 1490. The van der Waals surface area contributed by atoms with Crippen LogP contribution in [0.5, 0.6) is 0 Å². The fourth-order valence-corrected chi connectivity index (χ4v) is 9.03. The predicted octanol–water partition coefficient (Wildman–Crippen LogP) is 18.0. The Morgan fingerprint density at radius 2 is 0.740 bits per heavy atom. The Labute approximate surface area is 475 Å². The number of carboxylic acid groups (broad SMARTS) is 1. The van der Waals surface area contributed by atoms with Gasteiger partial charge in [0.2, 0.25) is 0 Å². The molecule has 0 aliphatic rings. The molecule has 0 aromatic rings. The predicted molar refractivity (Wildman–Crippen MR) is 325 cm³/mol. The van der Waals surface area contributed by atoms with E-state index in [-0.39, 0.29) is 32.2 Å². The minimum Gasteiger partial charge on any atom is -0.545 e. The molecular weight excluding hydrogens is 959 g/mol. The highest BCUT2D eigenvalue weighted by molar-refractivity contribution is 5.70. The number of rotatable bonds is 59. The molecule has 0 aliphatic carbocycles. The second kappa shape index (κ2) is 58.9. The molecule has 2 atom stereocenters. The number of carboxylic acids is 1. The molecule has 0 N–H and O–H groups in total. The van der Waals surface area contributed by atoms with Gasteiger partial charge in [-0.2, -0.15) is 0 Å². The van der Waals surface area contributed by atoms with E-state index in [1.165, 1.54) is 173 Å². The summed E-state index contributed by atoms with van der Waals surface area (Å²) < 4.78 is 22.8. The summed E-state index contributed by atoms with van der Waals surface area (Å²) in [7, 11) is 5.93. The summed E-state index contributed by atoms with van der Waals surface area (Å²) in [4.78, 5) is 37.4. The van der Waals surface area contributed by atoms with Crippen molar-refractivity contribution in [2.24, 2.45) is 0 Å². The van der Waals surface area contributed by atoms with Crippen LogP contribution < -0.4 is 5.11 Å². The zero-order chi connectivity index (χ0) is 56.2. The van der Waals surface area contributed by atoms with Crippen LogP contribution >= 0.6 is 0 Å². The maximum absolute atomic E-state index is 12.9. The second-order valence-electron chi connectivity index (χ2n) is 22.7. The molecule has 0 rings (SSSR count). The monoisotopic (exact) mass is 1080 g/mol. The van der Waals surface area contributed by atoms with Crippen LogP contribution in [0.25, 0.3) is 0 Å². The van der Waals surface area contributed by atoms with Crippen molar-refractivity contribution in [1.82, 2.24) is 0 Å². The summed E-state index contributed by atoms with van der Waals surface area (Å²) in [6.07, 6.45) is 73.9. The molecule has 77 heavy (non-hydrogen) atoms. The van der Waals surface area contributed by atoms with Crippen molar-refractivity contribution in [1.29, 1.82) is 0 Å². The first kappa shape index (κ1) is 73.7. The highest BCUT2D eigenvalue weighted by Gasteiger charge is 2.22. The van der Waals surface area contributed by atoms with Crippen molar-refractivity contribution in [3.05, 3.63) is 72.9 Å². The molecule has 0 bridgehead atoms. The Balaban J connectivity index is 4.18. The van der Waals surface area contributed by atoms with Gasteiger partial charge in [0.05, 0.1) is 40.3 Å². The molecule has 0 aromatic heterocycles. The van der Waals surface area contributed by atoms with Gasteiger partial charge in [0.1, 0.15) is 13.2 Å². The molecule has 0 amide bonds. The third-order valence-electron chi connectivity index (χ3n) is 13.9. The average Bonchev–Trinajstić information content (AvgIpc) is 3.40. The van der Waals surface area contributed by atoms with E-state index in [0.29, 0.717) is 23.9 Å². The van der Waals surface area contributed by atoms with E-state index in [0.717, 1.165) is 77.0 Å². The van der Waals surface area contributed by atoms with E-state index in [1.807, 2.05) is 21.1 Å². The van der Waals surface area contributed by atoms with Gasteiger partial charge in [0.15, 0.2) is 12.4 Å². The van der Waals surface area contributed by atoms with Gasteiger partial charge < -0.3 is 33.3 Å². The van der Waals surface area contributed by atoms with Crippen LogP contribution in [0.4, 0.5) is 0 Å². The molecule has 0 aliphatic heterocycles. The normalized spacial score (nSPS) is 13.2. The number of likely N-dealkylation sites (N-methyl/N-ethyl adjacent to an activating group) is 1. The van der Waals surface area contributed by atoms with E-state index in [4.69, 9.17) is 18.9 Å². The molecular formula is C68H121NO8. The SMILES string of the molecule is CC/C=C\C/C=C\C/C=C\C/C=C\C/C=C\CCCCCCCCCCCCCC(=O)OC(COC(=O)CCCCCCCCCCCCCCC/C=C\CCCCCCCCCC)COC(OCC[N+](C)(C)C)C(=O)[O-]. The number of esters is 2. The molecule has 446 valence electrons. The lowest BCUT2D eigenvalue weighted by Gasteiger charge is -2.26. The summed E-state index contributed by atoms with van der Waals surface area (Å²) in [5, 5.41) is 11.8. The van der Waals surface area contributed by atoms with Gasteiger partial charge in [-0.15, -0.1) is 0 Å². The number of unbranched alkanes of at least 4 members (excludes halogenated alkanes) is 32. The van der Waals surface area contributed by atoms with Gasteiger partial charge >= 0.3 is 11.9 Å². The molecule has 2 unspecified atom stereocenters. The Hall–Kier alpha value is -3.27. The lowest BCUT2D eigenvalue weighted by molar-refractivity contribution is -0.870. The number of ether oxygens (including phenoxy) is 4. The van der Waals surface area contributed by atoms with E-state index >= 15 is 0 Å². The van der Waals surface area contributed by atoms with Gasteiger partial charge in [0.25, 0.3) is 0 Å². The number of hydrogen-bond donors (Lipinski definition) is 0. The number of allylic oxidation sites excluding steroid dienone is 12. The highest BCUT2D eigenvalue weighted by Crippen LogP contribution is 2.17. The fraction of sp³-hybridized carbons (Fsp3) is 0.779. The maximum atomic E-state index is 12.9. The number of nitrogens with zero attached hydrogens (tertiary/aromatic N) is 1.